The molecule has 1 amide bonds. The van der Waals surface area contributed by atoms with Crippen molar-refractivity contribution in [2.45, 2.75) is 20.4 Å². The Kier molecular flexibility index (Phi) is 6.71. The molecule has 0 unspecified atom stereocenters. The Balaban J connectivity index is 2.03. The number of hydrogen-bond donors (Lipinski definition) is 0. The van der Waals surface area contributed by atoms with Gasteiger partial charge in [-0.15, -0.1) is 0 Å². The number of hydrogen-bond acceptors (Lipinski definition) is 5. The van der Waals surface area contributed by atoms with Crippen molar-refractivity contribution in [3.8, 4) is 0 Å². The first-order valence-corrected chi connectivity index (χ1v) is 10.5. The summed E-state index contributed by atoms with van der Waals surface area (Å²) in [6.45, 7) is 5.89. The minimum atomic E-state index is -0.443. The molecule has 3 aromatic rings. The molecule has 0 radical (unpaired) electrons. The molecular formula is C21H22ClN3O3S. The van der Waals surface area contributed by atoms with Crippen molar-refractivity contribution in [2.75, 3.05) is 25.1 Å². The van der Waals surface area contributed by atoms with Crippen molar-refractivity contribution in [3.63, 3.8) is 0 Å². The molecule has 1 aromatic heterocycles. The van der Waals surface area contributed by atoms with Crippen molar-refractivity contribution in [1.82, 2.24) is 4.57 Å². The van der Waals surface area contributed by atoms with E-state index in [1.807, 2.05) is 24.3 Å². The van der Waals surface area contributed by atoms with Crippen LogP contribution in [-0.2, 0) is 16.1 Å². The fraction of sp³-hybridized carbons (Fsp3) is 0.286. The van der Waals surface area contributed by atoms with E-state index in [1.165, 1.54) is 18.4 Å². The maximum atomic E-state index is 12.8. The van der Waals surface area contributed by atoms with Crippen molar-refractivity contribution >= 4 is 50.7 Å². The molecule has 0 spiro atoms. The van der Waals surface area contributed by atoms with E-state index in [1.54, 1.807) is 22.8 Å². The first-order valence-electron chi connectivity index (χ1n) is 9.27. The topological polar surface area (TPSA) is 63.9 Å². The molecule has 0 aliphatic heterocycles. The van der Waals surface area contributed by atoms with Crippen LogP contribution < -0.4 is 9.70 Å². The summed E-state index contributed by atoms with van der Waals surface area (Å²) in [6, 6.07) is 12.8. The van der Waals surface area contributed by atoms with Gasteiger partial charge in [-0.05, 0) is 50.2 Å². The molecule has 0 aliphatic carbocycles. The number of nitrogens with zero attached hydrogens (tertiary/aromatic N) is 3. The minimum Gasteiger partial charge on any atom is -0.468 e. The molecule has 3 rings (SSSR count). The van der Waals surface area contributed by atoms with Gasteiger partial charge in [0.15, 0.2) is 4.80 Å². The van der Waals surface area contributed by atoms with E-state index >= 15 is 0 Å². The number of ether oxygens (including phenoxy) is 1. The Bertz CT molecular complexity index is 1100. The highest BCUT2D eigenvalue weighted by Gasteiger charge is 2.15. The second kappa shape index (κ2) is 9.24. The van der Waals surface area contributed by atoms with E-state index in [9.17, 15) is 9.59 Å². The van der Waals surface area contributed by atoms with Gasteiger partial charge in [0.05, 0.1) is 22.3 Å². The average Bonchev–Trinajstić information content (AvgIpc) is 3.07. The minimum absolute atomic E-state index is 0.0761. The van der Waals surface area contributed by atoms with Crippen molar-refractivity contribution in [2.24, 2.45) is 4.99 Å². The number of carbonyl (C=O) groups is 2. The third kappa shape index (κ3) is 4.52. The van der Waals surface area contributed by atoms with Gasteiger partial charge < -0.3 is 14.2 Å². The molecule has 8 heteroatoms. The van der Waals surface area contributed by atoms with Crippen LogP contribution in [0, 0.1) is 0 Å². The van der Waals surface area contributed by atoms with Gasteiger partial charge in [0.1, 0.15) is 6.54 Å². The van der Waals surface area contributed by atoms with Gasteiger partial charge in [-0.25, -0.2) is 0 Å². The van der Waals surface area contributed by atoms with Crippen LogP contribution in [0.5, 0.6) is 0 Å². The number of methoxy groups -OCH3 is 1. The lowest BCUT2D eigenvalue weighted by Crippen LogP contribution is -2.23. The molecule has 0 saturated heterocycles. The van der Waals surface area contributed by atoms with Crippen molar-refractivity contribution in [3.05, 3.63) is 57.9 Å². The highest BCUT2D eigenvalue weighted by molar-refractivity contribution is 7.16. The number of amides is 1. The predicted molar refractivity (Wildman–Crippen MR) is 117 cm³/mol. The van der Waals surface area contributed by atoms with Crippen LogP contribution in [0.2, 0.25) is 5.02 Å². The SMILES string of the molecule is CCN(CC)c1ccc(C(=O)N=c2sc3cccc(Cl)c3n2CC(=O)OC)cc1. The van der Waals surface area contributed by atoms with Gasteiger partial charge >= 0.3 is 5.97 Å². The molecule has 0 fully saturated rings. The third-order valence-corrected chi connectivity index (χ3v) is 5.96. The first-order chi connectivity index (χ1) is 14.0. The summed E-state index contributed by atoms with van der Waals surface area (Å²) in [4.78, 5) is 31.5. The lowest BCUT2D eigenvalue weighted by molar-refractivity contribution is -0.141. The Hall–Kier alpha value is -2.64. The number of anilines is 1. The maximum Gasteiger partial charge on any atom is 0.325 e. The molecule has 0 aliphatic rings. The van der Waals surface area contributed by atoms with Crippen LogP contribution in [0.15, 0.2) is 47.5 Å². The van der Waals surface area contributed by atoms with E-state index in [-0.39, 0.29) is 12.5 Å². The zero-order valence-corrected chi connectivity index (χ0v) is 18.1. The molecule has 6 nitrogen and oxygen atoms in total. The number of aromatic nitrogens is 1. The number of para-hydroxylation sites is 1. The van der Waals surface area contributed by atoms with Crippen LogP contribution in [0.1, 0.15) is 24.2 Å². The van der Waals surface area contributed by atoms with Crippen LogP contribution in [-0.4, -0.2) is 36.6 Å². The lowest BCUT2D eigenvalue weighted by atomic mass is 10.2. The molecule has 152 valence electrons. The molecule has 29 heavy (non-hydrogen) atoms. The van der Waals surface area contributed by atoms with Gasteiger partial charge in [0.2, 0.25) is 0 Å². The largest absolute Gasteiger partial charge is 0.468 e. The number of rotatable bonds is 6. The van der Waals surface area contributed by atoms with E-state index in [0.717, 1.165) is 23.5 Å². The first kappa shape index (κ1) is 21.1. The fourth-order valence-corrected chi connectivity index (χ4v) is 4.45. The van der Waals surface area contributed by atoms with Crippen molar-refractivity contribution in [1.29, 1.82) is 0 Å². The van der Waals surface area contributed by atoms with E-state index < -0.39 is 5.97 Å². The van der Waals surface area contributed by atoms with Crippen LogP contribution in [0.25, 0.3) is 10.2 Å². The van der Waals surface area contributed by atoms with Gasteiger partial charge in [0, 0.05) is 24.3 Å². The average molecular weight is 432 g/mol. The Morgan fingerprint density at radius 3 is 2.45 bits per heavy atom. The summed E-state index contributed by atoms with van der Waals surface area (Å²) in [5.41, 5.74) is 2.20. The summed E-state index contributed by atoms with van der Waals surface area (Å²) < 4.78 is 7.24. The molecule has 0 bridgehead atoms. The number of esters is 1. The highest BCUT2D eigenvalue weighted by Crippen LogP contribution is 2.25. The number of thiazole rings is 1. The number of benzene rings is 2. The molecule has 2 aromatic carbocycles. The zero-order valence-electron chi connectivity index (χ0n) is 16.5. The quantitative estimate of drug-likeness (QED) is 0.551. The number of halogens is 1. The lowest BCUT2D eigenvalue weighted by Gasteiger charge is -2.20. The van der Waals surface area contributed by atoms with Crippen LogP contribution >= 0.6 is 22.9 Å². The summed E-state index contributed by atoms with van der Waals surface area (Å²) in [6.07, 6.45) is 0. The summed E-state index contributed by atoms with van der Waals surface area (Å²) in [7, 11) is 1.32. The van der Waals surface area contributed by atoms with Crippen molar-refractivity contribution < 1.29 is 14.3 Å². The Labute approximate surface area is 178 Å². The van der Waals surface area contributed by atoms with Gasteiger partial charge in [-0.2, -0.15) is 4.99 Å². The monoisotopic (exact) mass is 431 g/mol. The zero-order chi connectivity index (χ0) is 21.0. The predicted octanol–water partition coefficient (Wildman–Crippen LogP) is 4.12. The number of carbonyl (C=O) groups excluding carboxylic acids is 2. The van der Waals surface area contributed by atoms with Gasteiger partial charge in [0.25, 0.3) is 5.91 Å². The molecule has 0 atom stereocenters. The van der Waals surface area contributed by atoms with Crippen LogP contribution in [0.3, 0.4) is 0 Å². The van der Waals surface area contributed by atoms with E-state index in [0.29, 0.717) is 20.9 Å². The molecule has 0 saturated carbocycles. The van der Waals surface area contributed by atoms with Gasteiger partial charge in [-0.1, -0.05) is 29.0 Å². The number of fused-ring (bicyclic) bond motifs is 1. The summed E-state index contributed by atoms with van der Waals surface area (Å²) >= 11 is 7.64. The molecular weight excluding hydrogens is 410 g/mol. The highest BCUT2D eigenvalue weighted by atomic mass is 35.5. The van der Waals surface area contributed by atoms with E-state index in [2.05, 4.69) is 23.7 Å². The third-order valence-electron chi connectivity index (χ3n) is 4.61. The smallest absolute Gasteiger partial charge is 0.325 e. The molecule has 1 heterocycles. The standard InChI is InChI=1S/C21H22ClN3O3S/c1-4-24(5-2)15-11-9-14(10-12-15)20(27)23-21-25(13-18(26)28-3)19-16(22)7-6-8-17(19)29-21/h6-12H,4-5,13H2,1-3H3. The van der Waals surface area contributed by atoms with Crippen LogP contribution in [0.4, 0.5) is 5.69 Å². The maximum absolute atomic E-state index is 12.8. The summed E-state index contributed by atoms with van der Waals surface area (Å²) in [5, 5.41) is 0.486. The second-order valence-corrected chi connectivity index (χ2v) is 7.69. The second-order valence-electron chi connectivity index (χ2n) is 6.27. The fourth-order valence-electron chi connectivity index (χ4n) is 3.07. The Morgan fingerprint density at radius 1 is 1.14 bits per heavy atom. The Morgan fingerprint density at radius 2 is 1.83 bits per heavy atom. The molecule has 0 N–H and O–H groups in total. The normalized spacial score (nSPS) is 11.7. The van der Waals surface area contributed by atoms with Gasteiger partial charge in [-0.3, -0.25) is 9.59 Å². The summed E-state index contributed by atoms with van der Waals surface area (Å²) in [5.74, 6) is -0.820. The van der Waals surface area contributed by atoms with E-state index in [4.69, 9.17) is 16.3 Å².